The van der Waals surface area contributed by atoms with Crippen LogP contribution in [0.2, 0.25) is 0 Å². The van der Waals surface area contributed by atoms with Crippen LogP contribution >= 0.6 is 0 Å². The molecule has 0 aliphatic carbocycles. The molecule has 2 atom stereocenters. The number of carbonyl (C=O) groups excluding carboxylic acids is 1. The number of allylic oxidation sites excluding steroid dienone is 4. The molecule has 0 aliphatic heterocycles. The molecule has 0 bridgehead atoms. The first-order valence-corrected chi connectivity index (χ1v) is 7.78. The minimum atomic E-state index is 0.309. The monoisotopic (exact) mass is 274 g/mol. The molecule has 0 radical (unpaired) electrons. The molecule has 0 amide bonds. The van der Waals surface area contributed by atoms with Crippen molar-refractivity contribution in [1.82, 2.24) is 0 Å². The summed E-state index contributed by atoms with van der Waals surface area (Å²) in [7, 11) is 0. The molecular formula is C19H30O. The highest BCUT2D eigenvalue weighted by Gasteiger charge is 2.01. The lowest BCUT2D eigenvalue weighted by Crippen LogP contribution is -1.96. The molecule has 0 rings (SSSR count). The van der Waals surface area contributed by atoms with Gasteiger partial charge in [-0.25, -0.2) is 0 Å². The molecular weight excluding hydrogens is 244 g/mol. The van der Waals surface area contributed by atoms with Gasteiger partial charge >= 0.3 is 0 Å². The average Bonchev–Trinajstić information content (AvgIpc) is 2.39. The quantitative estimate of drug-likeness (QED) is 0.389. The maximum absolute atomic E-state index is 10.9. The van der Waals surface area contributed by atoms with Crippen LogP contribution in [-0.4, -0.2) is 5.78 Å². The molecule has 0 aromatic heterocycles. The minimum Gasteiger partial charge on any atom is -0.300 e. The third-order valence-corrected chi connectivity index (χ3v) is 3.34. The van der Waals surface area contributed by atoms with Crippen LogP contribution in [0, 0.1) is 23.7 Å². The van der Waals surface area contributed by atoms with E-state index in [0.717, 1.165) is 32.1 Å². The maximum atomic E-state index is 10.9. The van der Waals surface area contributed by atoms with Gasteiger partial charge in [0, 0.05) is 12.8 Å². The van der Waals surface area contributed by atoms with Crippen molar-refractivity contribution in [3.05, 3.63) is 24.3 Å². The summed E-state index contributed by atoms with van der Waals surface area (Å²) >= 11 is 0. The molecule has 0 heterocycles. The van der Waals surface area contributed by atoms with E-state index in [2.05, 4.69) is 50.0 Å². The van der Waals surface area contributed by atoms with Crippen LogP contribution in [0.5, 0.6) is 0 Å². The van der Waals surface area contributed by atoms with E-state index in [1.165, 1.54) is 6.42 Å². The minimum absolute atomic E-state index is 0.309. The first-order chi connectivity index (χ1) is 9.56. The summed E-state index contributed by atoms with van der Waals surface area (Å²) in [6.07, 6.45) is 14.9. The predicted molar refractivity (Wildman–Crippen MR) is 88.4 cm³/mol. The first kappa shape index (κ1) is 18.7. The van der Waals surface area contributed by atoms with Gasteiger partial charge in [-0.3, -0.25) is 0 Å². The fraction of sp³-hybridized carbons (Fsp3) is 0.632. The molecule has 0 spiro atoms. The van der Waals surface area contributed by atoms with E-state index in [1.807, 2.05) is 6.92 Å². The molecule has 112 valence electrons. The van der Waals surface area contributed by atoms with Crippen molar-refractivity contribution in [2.75, 3.05) is 0 Å². The van der Waals surface area contributed by atoms with E-state index < -0.39 is 0 Å². The highest BCUT2D eigenvalue weighted by molar-refractivity contribution is 5.75. The Morgan fingerprint density at radius 3 is 2.60 bits per heavy atom. The van der Waals surface area contributed by atoms with Gasteiger partial charge in [-0.1, -0.05) is 44.6 Å². The van der Waals surface area contributed by atoms with Crippen molar-refractivity contribution in [1.29, 1.82) is 0 Å². The van der Waals surface area contributed by atoms with Crippen molar-refractivity contribution in [3.63, 3.8) is 0 Å². The van der Waals surface area contributed by atoms with Crippen LogP contribution in [0.3, 0.4) is 0 Å². The molecule has 0 fully saturated rings. The van der Waals surface area contributed by atoms with Crippen molar-refractivity contribution in [2.45, 2.75) is 66.2 Å². The maximum Gasteiger partial charge on any atom is 0.129 e. The van der Waals surface area contributed by atoms with Crippen LogP contribution in [0.4, 0.5) is 0 Å². The zero-order valence-electron chi connectivity index (χ0n) is 13.6. The van der Waals surface area contributed by atoms with Crippen LogP contribution in [-0.2, 0) is 4.79 Å². The molecule has 0 aliphatic rings. The second kappa shape index (κ2) is 12.7. The topological polar surface area (TPSA) is 17.1 Å². The van der Waals surface area contributed by atoms with Gasteiger partial charge in [0.2, 0.25) is 0 Å². The van der Waals surface area contributed by atoms with Gasteiger partial charge in [-0.2, -0.15) is 0 Å². The lowest BCUT2D eigenvalue weighted by Gasteiger charge is -2.08. The van der Waals surface area contributed by atoms with Crippen molar-refractivity contribution in [2.24, 2.45) is 11.8 Å². The molecule has 0 saturated heterocycles. The highest BCUT2D eigenvalue weighted by atomic mass is 16.1. The van der Waals surface area contributed by atoms with Gasteiger partial charge in [0.05, 0.1) is 0 Å². The fourth-order valence-electron chi connectivity index (χ4n) is 1.98. The Morgan fingerprint density at radius 2 is 1.95 bits per heavy atom. The Kier molecular flexibility index (Phi) is 11.9. The smallest absolute Gasteiger partial charge is 0.129 e. The molecule has 0 aromatic carbocycles. The number of hydrogen-bond acceptors (Lipinski definition) is 1. The third kappa shape index (κ3) is 13.1. The Labute approximate surface area is 125 Å². The summed E-state index contributed by atoms with van der Waals surface area (Å²) in [5, 5.41) is 0. The van der Waals surface area contributed by atoms with E-state index in [1.54, 1.807) is 6.92 Å². The molecule has 2 unspecified atom stereocenters. The van der Waals surface area contributed by atoms with E-state index in [9.17, 15) is 4.79 Å². The largest absolute Gasteiger partial charge is 0.300 e. The van der Waals surface area contributed by atoms with Crippen LogP contribution < -0.4 is 0 Å². The number of ketones is 1. The van der Waals surface area contributed by atoms with Gasteiger partial charge in [-0.05, 0) is 44.9 Å². The van der Waals surface area contributed by atoms with Gasteiger partial charge < -0.3 is 4.79 Å². The molecule has 1 nitrogen and oxygen atoms in total. The Balaban J connectivity index is 3.66. The van der Waals surface area contributed by atoms with Crippen molar-refractivity contribution >= 4 is 5.78 Å². The van der Waals surface area contributed by atoms with Crippen molar-refractivity contribution in [3.8, 4) is 11.8 Å². The number of Topliss-reactive ketones (excluding diaryl/α,β-unsaturated/α-hetero) is 1. The molecule has 0 saturated carbocycles. The van der Waals surface area contributed by atoms with E-state index in [0.29, 0.717) is 17.6 Å². The van der Waals surface area contributed by atoms with Gasteiger partial charge in [0.1, 0.15) is 5.78 Å². The van der Waals surface area contributed by atoms with Gasteiger partial charge in [-0.15, -0.1) is 11.8 Å². The number of hydrogen-bond donors (Lipinski definition) is 0. The second-order valence-corrected chi connectivity index (χ2v) is 5.70. The lowest BCUT2D eigenvalue weighted by atomic mass is 9.98. The SMILES string of the molecule is CC#CCC(C)C=CC=CCCC(C)CCCC(C)=O. The molecule has 20 heavy (non-hydrogen) atoms. The van der Waals surface area contributed by atoms with Crippen LogP contribution in [0.1, 0.15) is 66.2 Å². The Hall–Kier alpha value is -1.29. The van der Waals surface area contributed by atoms with Crippen molar-refractivity contribution < 1.29 is 4.79 Å². The molecule has 1 heteroatoms. The standard InChI is InChI=1S/C19H30O/c1-5-6-12-17(2)13-9-7-8-10-14-18(3)15-11-16-19(4)20/h7-9,13,17-18H,10-12,14-16H2,1-4H3. The van der Waals surface area contributed by atoms with Crippen LogP contribution in [0.15, 0.2) is 24.3 Å². The lowest BCUT2D eigenvalue weighted by molar-refractivity contribution is -0.117. The zero-order valence-corrected chi connectivity index (χ0v) is 13.6. The predicted octanol–water partition coefficient (Wildman–Crippen LogP) is 5.32. The second-order valence-electron chi connectivity index (χ2n) is 5.70. The number of carbonyl (C=O) groups is 1. The Morgan fingerprint density at radius 1 is 1.20 bits per heavy atom. The summed E-state index contributed by atoms with van der Waals surface area (Å²) in [6, 6.07) is 0. The summed E-state index contributed by atoms with van der Waals surface area (Å²) in [4.78, 5) is 10.9. The zero-order chi connectivity index (χ0) is 15.2. The van der Waals surface area contributed by atoms with E-state index in [-0.39, 0.29) is 0 Å². The van der Waals surface area contributed by atoms with E-state index >= 15 is 0 Å². The molecule has 0 aromatic rings. The summed E-state index contributed by atoms with van der Waals surface area (Å²) < 4.78 is 0. The fourth-order valence-corrected chi connectivity index (χ4v) is 1.98. The third-order valence-electron chi connectivity index (χ3n) is 3.34. The van der Waals surface area contributed by atoms with Gasteiger partial charge in [0.15, 0.2) is 0 Å². The highest BCUT2D eigenvalue weighted by Crippen LogP contribution is 2.14. The van der Waals surface area contributed by atoms with E-state index in [4.69, 9.17) is 0 Å². The van der Waals surface area contributed by atoms with Gasteiger partial charge in [0.25, 0.3) is 0 Å². The first-order valence-electron chi connectivity index (χ1n) is 7.78. The Bertz CT molecular complexity index is 365. The van der Waals surface area contributed by atoms with Crippen LogP contribution in [0.25, 0.3) is 0 Å². The summed E-state index contributed by atoms with van der Waals surface area (Å²) in [5.41, 5.74) is 0. The summed E-state index contributed by atoms with van der Waals surface area (Å²) in [5.74, 6) is 7.56. The number of rotatable bonds is 10. The summed E-state index contributed by atoms with van der Waals surface area (Å²) in [6.45, 7) is 8.02. The average molecular weight is 274 g/mol. The molecule has 0 N–H and O–H groups in total. The normalized spacial score (nSPS) is 14.2.